The van der Waals surface area contributed by atoms with Crippen LogP contribution in [0.3, 0.4) is 0 Å². The first-order valence-electron chi connectivity index (χ1n) is 2.95. The lowest BCUT2D eigenvalue weighted by atomic mass is 10.3. The molecule has 0 unspecified atom stereocenters. The van der Waals surface area contributed by atoms with E-state index >= 15 is 0 Å². The fourth-order valence-electron chi connectivity index (χ4n) is 0.396. The third-order valence-corrected chi connectivity index (χ3v) is 1.32. The summed E-state index contributed by atoms with van der Waals surface area (Å²) in [6.07, 6.45) is 1.76. The zero-order valence-corrected chi connectivity index (χ0v) is 8.76. The molecule has 0 radical (unpaired) electrons. The topological polar surface area (TPSA) is 0 Å². The van der Waals surface area contributed by atoms with Crippen LogP contribution in [0.2, 0.25) is 0 Å². The summed E-state index contributed by atoms with van der Waals surface area (Å²) in [7, 11) is 0. The van der Waals surface area contributed by atoms with Crippen molar-refractivity contribution < 1.29 is 0 Å². The molecule has 0 rings (SSSR count). The summed E-state index contributed by atoms with van der Waals surface area (Å²) in [5, 5.41) is 1.53. The van der Waals surface area contributed by atoms with Crippen LogP contribution in [0.15, 0.2) is 0 Å². The fraction of sp³-hybridized carbons (Fsp3) is 0.500. The maximum Gasteiger partial charge on any atom is 0.0645 e. The highest BCUT2D eigenvalue weighted by Gasteiger charge is 1.72. The van der Waals surface area contributed by atoms with E-state index < -0.39 is 0 Å². The van der Waals surface area contributed by atoms with E-state index in [1.54, 1.807) is 0 Å². The highest BCUT2D eigenvalue weighted by atomic mass is 79.9. The van der Waals surface area contributed by atoms with Gasteiger partial charge in [0, 0.05) is 12.8 Å². The maximum atomic E-state index is 3.22. The highest BCUT2D eigenvalue weighted by molar-refractivity contribution is 9.09. The van der Waals surface area contributed by atoms with Crippen LogP contribution in [0.4, 0.5) is 0 Å². The van der Waals surface area contributed by atoms with Gasteiger partial charge in [-0.25, -0.2) is 0 Å². The van der Waals surface area contributed by atoms with Crippen molar-refractivity contribution in [1.29, 1.82) is 0 Å². The smallest absolute Gasteiger partial charge is 0.0645 e. The van der Waals surface area contributed by atoms with E-state index in [0.717, 1.165) is 23.5 Å². The van der Waals surface area contributed by atoms with Gasteiger partial charge in [-0.15, -0.1) is 11.8 Å². The molecule has 0 saturated heterocycles. The molecule has 0 aliphatic heterocycles. The molecular formula is C8H8Br2. The van der Waals surface area contributed by atoms with Crippen molar-refractivity contribution in [2.75, 3.05) is 10.7 Å². The van der Waals surface area contributed by atoms with Gasteiger partial charge < -0.3 is 0 Å². The predicted molar refractivity (Wildman–Crippen MR) is 52.4 cm³/mol. The number of halogens is 2. The number of rotatable bonds is 1. The average Bonchev–Trinajstić information content (AvgIpc) is 1.97. The fourth-order valence-corrected chi connectivity index (χ4v) is 0.793. The molecule has 0 bridgehead atoms. The van der Waals surface area contributed by atoms with E-state index in [1.165, 1.54) is 0 Å². The molecule has 0 amide bonds. The summed E-state index contributed by atoms with van der Waals surface area (Å²) in [5.74, 6) is 11.8. The van der Waals surface area contributed by atoms with Gasteiger partial charge in [0.25, 0.3) is 0 Å². The summed E-state index contributed by atoms with van der Waals surface area (Å²) in [6.45, 7) is 0. The van der Waals surface area contributed by atoms with Crippen LogP contribution in [0.5, 0.6) is 0 Å². The SMILES string of the molecule is BrCC#CCCC#CCBr. The van der Waals surface area contributed by atoms with Gasteiger partial charge in [0.1, 0.15) is 0 Å². The second-order valence-electron chi connectivity index (χ2n) is 1.47. The van der Waals surface area contributed by atoms with Gasteiger partial charge in [-0.3, -0.25) is 0 Å². The first kappa shape index (κ1) is 10.1. The molecule has 0 aromatic heterocycles. The van der Waals surface area contributed by atoms with E-state index in [-0.39, 0.29) is 0 Å². The number of hydrogen-bond acceptors (Lipinski definition) is 0. The monoisotopic (exact) mass is 262 g/mol. The van der Waals surface area contributed by atoms with Gasteiger partial charge in [0.2, 0.25) is 0 Å². The molecule has 0 aromatic carbocycles. The maximum absolute atomic E-state index is 3.22. The van der Waals surface area contributed by atoms with Crippen LogP contribution in [0.25, 0.3) is 0 Å². The van der Waals surface area contributed by atoms with Gasteiger partial charge in [-0.05, 0) is 0 Å². The second kappa shape index (κ2) is 9.08. The van der Waals surface area contributed by atoms with E-state index in [1.807, 2.05) is 0 Å². The standard InChI is InChI=1S/C8H8Br2/c9-7-5-3-1-2-4-6-8-10/h1-2,7-8H2. The third kappa shape index (κ3) is 8.08. The molecule has 0 atom stereocenters. The largest absolute Gasteiger partial charge is 0.101 e. The summed E-state index contributed by atoms with van der Waals surface area (Å²) in [4.78, 5) is 0. The van der Waals surface area contributed by atoms with Gasteiger partial charge >= 0.3 is 0 Å². The summed E-state index contributed by atoms with van der Waals surface area (Å²) in [5.41, 5.74) is 0. The van der Waals surface area contributed by atoms with Crippen LogP contribution in [-0.4, -0.2) is 10.7 Å². The Labute approximate surface area is 79.0 Å². The first-order chi connectivity index (χ1) is 4.91. The van der Waals surface area contributed by atoms with Crippen LogP contribution in [-0.2, 0) is 0 Å². The Kier molecular flexibility index (Phi) is 9.15. The van der Waals surface area contributed by atoms with Crippen LogP contribution < -0.4 is 0 Å². The van der Waals surface area contributed by atoms with Gasteiger partial charge in [-0.2, -0.15) is 0 Å². The normalized spacial score (nSPS) is 7.00. The Morgan fingerprint density at radius 2 is 1.10 bits per heavy atom. The molecule has 0 spiro atoms. The van der Waals surface area contributed by atoms with Crippen molar-refractivity contribution in [3.63, 3.8) is 0 Å². The average molecular weight is 264 g/mol. The quantitative estimate of drug-likeness (QED) is 0.388. The Morgan fingerprint density at radius 1 is 0.700 bits per heavy atom. The molecule has 2 heteroatoms. The van der Waals surface area contributed by atoms with Gasteiger partial charge in [-0.1, -0.05) is 43.7 Å². The second-order valence-corrected chi connectivity index (χ2v) is 2.60. The summed E-state index contributed by atoms with van der Waals surface area (Å²) in [6, 6.07) is 0. The van der Waals surface area contributed by atoms with Gasteiger partial charge in [0.05, 0.1) is 10.7 Å². The molecule has 0 N–H and O–H groups in total. The highest BCUT2D eigenvalue weighted by Crippen LogP contribution is 1.84. The van der Waals surface area contributed by atoms with Crippen LogP contribution >= 0.6 is 31.9 Å². The lowest BCUT2D eigenvalue weighted by Gasteiger charge is -1.76. The van der Waals surface area contributed by atoms with Crippen molar-refractivity contribution in [2.24, 2.45) is 0 Å². The van der Waals surface area contributed by atoms with E-state index in [2.05, 4.69) is 55.5 Å². The van der Waals surface area contributed by atoms with E-state index in [4.69, 9.17) is 0 Å². The van der Waals surface area contributed by atoms with Crippen molar-refractivity contribution in [3.05, 3.63) is 0 Å². The molecule has 0 aliphatic carbocycles. The van der Waals surface area contributed by atoms with Crippen molar-refractivity contribution >= 4 is 31.9 Å². The van der Waals surface area contributed by atoms with Crippen LogP contribution in [0, 0.1) is 23.7 Å². The van der Waals surface area contributed by atoms with Crippen LogP contribution in [0.1, 0.15) is 12.8 Å². The minimum Gasteiger partial charge on any atom is -0.101 e. The zero-order valence-electron chi connectivity index (χ0n) is 5.58. The summed E-state index contributed by atoms with van der Waals surface area (Å²) < 4.78 is 0. The van der Waals surface area contributed by atoms with Crippen molar-refractivity contribution in [2.45, 2.75) is 12.8 Å². The molecule has 54 valence electrons. The summed E-state index contributed by atoms with van der Waals surface area (Å²) >= 11 is 6.43. The number of alkyl halides is 2. The molecule has 0 aliphatic rings. The molecule has 0 fully saturated rings. The Morgan fingerprint density at radius 3 is 1.40 bits per heavy atom. The Hall–Kier alpha value is 0.0800. The molecule has 10 heavy (non-hydrogen) atoms. The molecular weight excluding hydrogens is 256 g/mol. The Bertz CT molecular complexity index is 153. The third-order valence-electron chi connectivity index (χ3n) is 0.759. The minimum absolute atomic E-state index is 0.763. The first-order valence-corrected chi connectivity index (χ1v) is 5.19. The van der Waals surface area contributed by atoms with Crippen molar-refractivity contribution in [1.82, 2.24) is 0 Å². The van der Waals surface area contributed by atoms with Gasteiger partial charge in [0.15, 0.2) is 0 Å². The molecule has 0 aromatic rings. The lowest BCUT2D eigenvalue weighted by molar-refractivity contribution is 1.12. The molecule has 0 saturated carbocycles. The van der Waals surface area contributed by atoms with E-state index in [9.17, 15) is 0 Å². The number of hydrogen-bond donors (Lipinski definition) is 0. The lowest BCUT2D eigenvalue weighted by Crippen LogP contribution is -1.67. The minimum atomic E-state index is 0.763. The van der Waals surface area contributed by atoms with Crippen molar-refractivity contribution in [3.8, 4) is 23.7 Å². The predicted octanol–water partition coefficient (Wildman–Crippen LogP) is 2.56. The Balaban J connectivity index is 3.20. The number of unbranched alkanes of at least 4 members (excludes halogenated alkanes) is 1. The zero-order chi connectivity index (χ0) is 7.66. The molecule has 0 nitrogen and oxygen atoms in total. The van der Waals surface area contributed by atoms with E-state index in [0.29, 0.717) is 0 Å². The molecule has 0 heterocycles.